The third kappa shape index (κ3) is 6.12. The van der Waals surface area contributed by atoms with Crippen LogP contribution in [0.2, 0.25) is 0 Å². The lowest BCUT2D eigenvalue weighted by molar-refractivity contribution is 0.955. The van der Waals surface area contributed by atoms with Crippen LogP contribution in [0.25, 0.3) is 144 Å². The Morgan fingerprint density at radius 1 is 0.197 bits per heavy atom. The average Bonchev–Trinajstić information content (AvgIpc) is 4.23. The predicted octanol–water partition coefficient (Wildman–Crippen LogP) is 16.7. The number of nitrogens with zero attached hydrogens (tertiary/aromatic N) is 8. The summed E-state index contributed by atoms with van der Waals surface area (Å²) in [7, 11) is 0. The summed E-state index contributed by atoms with van der Waals surface area (Å²) in [6.07, 6.45) is 0. The van der Waals surface area contributed by atoms with E-state index >= 15 is 0 Å². The van der Waals surface area contributed by atoms with Gasteiger partial charge in [0.15, 0.2) is 29.1 Å². The Kier molecular flexibility index (Phi) is 9.17. The van der Waals surface area contributed by atoms with E-state index in [0.717, 1.165) is 121 Å². The number of pyridine rings is 1. The molecule has 0 atom stereocenters. The van der Waals surface area contributed by atoms with Gasteiger partial charge in [-0.25, -0.2) is 19.9 Å². The van der Waals surface area contributed by atoms with Crippen molar-refractivity contribution >= 4 is 87.2 Å². The molecule has 0 saturated heterocycles. The summed E-state index contributed by atoms with van der Waals surface area (Å²) in [4.78, 5) is 23.0. The second kappa shape index (κ2) is 16.5. The van der Waals surface area contributed by atoms with E-state index in [1.54, 1.807) is 0 Å². The number of aromatic nitrogens is 8. The lowest BCUT2D eigenvalue weighted by Crippen LogP contribution is -2.17. The molecule has 8 heteroatoms. The van der Waals surface area contributed by atoms with Gasteiger partial charge in [0.2, 0.25) is 0 Å². The predicted molar refractivity (Wildman–Crippen MR) is 311 cm³/mol. The molecule has 6 heterocycles. The first-order valence-corrected chi connectivity index (χ1v) is 25.7. The van der Waals surface area contributed by atoms with Gasteiger partial charge < -0.3 is 9.13 Å². The first kappa shape index (κ1) is 42.1. The minimum Gasteiger partial charge on any atom is -0.306 e. The van der Waals surface area contributed by atoms with Crippen LogP contribution >= 0.6 is 0 Å². The van der Waals surface area contributed by atoms with Gasteiger partial charge in [-0.3, -0.25) is 9.13 Å². The van der Waals surface area contributed by atoms with Crippen molar-refractivity contribution in [3.05, 3.63) is 255 Å². The lowest BCUT2D eigenvalue weighted by Gasteiger charge is -2.26. The maximum Gasteiger partial charge on any atom is 0.170 e. The highest BCUT2D eigenvalue weighted by Crippen LogP contribution is 2.48. The maximum absolute atomic E-state index is 6.33. The molecule has 0 aliphatic rings. The van der Waals surface area contributed by atoms with Crippen LogP contribution < -0.4 is 0 Å². The van der Waals surface area contributed by atoms with Crippen LogP contribution in [0.4, 0.5) is 0 Å². The molecule has 76 heavy (non-hydrogen) atoms. The Hall–Kier alpha value is -10.4. The van der Waals surface area contributed by atoms with Gasteiger partial charge in [-0.15, -0.1) is 0 Å². The van der Waals surface area contributed by atoms with Gasteiger partial charge in [0.05, 0.1) is 55.4 Å². The Morgan fingerprint density at radius 2 is 0.447 bits per heavy atom. The maximum atomic E-state index is 6.33. The zero-order valence-corrected chi connectivity index (χ0v) is 40.8. The fourth-order valence-corrected chi connectivity index (χ4v) is 12.0. The minimum atomic E-state index is 0.477. The van der Waals surface area contributed by atoms with Crippen LogP contribution in [0.3, 0.4) is 0 Å². The SMILES string of the molecule is c1ccc(-c2nc(-c3ccccc3)nc(-c3c(-n4c5ccccc5c5ccccc54)nc(-n4c5ccccc5c5ccccc54)c(-n4c5ccccc5c5ccccc54)c3-n3c4ccccc4c4ccccc43)n2)cc1. The van der Waals surface area contributed by atoms with Crippen molar-refractivity contribution in [2.75, 3.05) is 0 Å². The van der Waals surface area contributed by atoms with Gasteiger partial charge in [-0.1, -0.05) is 206 Å². The summed E-state index contributed by atoms with van der Waals surface area (Å²) in [5, 5.41) is 8.99. The van der Waals surface area contributed by atoms with Crippen molar-refractivity contribution in [2.24, 2.45) is 0 Å². The zero-order valence-electron chi connectivity index (χ0n) is 40.8. The normalized spacial score (nSPS) is 11.9. The number of hydrogen-bond donors (Lipinski definition) is 0. The van der Waals surface area contributed by atoms with Crippen molar-refractivity contribution in [1.82, 2.24) is 38.2 Å². The van der Waals surface area contributed by atoms with E-state index in [9.17, 15) is 0 Å². The van der Waals surface area contributed by atoms with E-state index in [-0.39, 0.29) is 0 Å². The van der Waals surface area contributed by atoms with Gasteiger partial charge in [-0.05, 0) is 48.5 Å². The van der Waals surface area contributed by atoms with Gasteiger partial charge in [0.25, 0.3) is 0 Å². The fourth-order valence-electron chi connectivity index (χ4n) is 12.0. The molecule has 16 aromatic rings. The summed E-state index contributed by atoms with van der Waals surface area (Å²) >= 11 is 0. The molecule has 0 fully saturated rings. The average molecular weight is 971 g/mol. The number of para-hydroxylation sites is 8. The van der Waals surface area contributed by atoms with E-state index in [1.165, 1.54) is 0 Å². The first-order valence-electron chi connectivity index (χ1n) is 25.7. The standard InChI is InChI=1S/C68H42N8/c1-3-23-43(24-4-1)64-69-65(44-25-5-2-6-26-44)71-66(70-64)61-62(73-53-35-15-7-27-45(53)46-28-8-16-36-54(46)73)63(74-55-37-17-9-29-47(55)48-30-10-18-38-56(48)74)68(76-59-41-21-13-33-51(59)52-34-14-22-42-60(52)76)72-67(61)75-57-39-19-11-31-49(57)50-32-12-20-40-58(50)75/h1-42H. The number of rotatable bonds is 7. The van der Waals surface area contributed by atoms with E-state index in [0.29, 0.717) is 23.3 Å². The number of benzene rings is 10. The second-order valence-electron chi connectivity index (χ2n) is 19.3. The summed E-state index contributed by atoms with van der Waals surface area (Å²) in [6, 6.07) is 90.3. The molecular weight excluding hydrogens is 929 g/mol. The largest absolute Gasteiger partial charge is 0.306 e. The molecule has 0 spiro atoms. The van der Waals surface area contributed by atoms with Gasteiger partial charge in [0, 0.05) is 54.2 Å². The minimum absolute atomic E-state index is 0.477. The van der Waals surface area contributed by atoms with Gasteiger partial charge in [-0.2, -0.15) is 0 Å². The van der Waals surface area contributed by atoms with Crippen LogP contribution in [0, 0.1) is 0 Å². The van der Waals surface area contributed by atoms with Crippen LogP contribution in [-0.4, -0.2) is 38.2 Å². The van der Waals surface area contributed by atoms with Crippen LogP contribution in [0.1, 0.15) is 0 Å². The quantitative estimate of drug-likeness (QED) is 0.160. The third-order valence-corrected chi connectivity index (χ3v) is 15.2. The molecule has 6 aromatic heterocycles. The topological polar surface area (TPSA) is 71.3 Å². The Labute approximate surface area is 435 Å². The molecule has 0 saturated carbocycles. The monoisotopic (exact) mass is 970 g/mol. The first-order chi connectivity index (χ1) is 37.8. The molecule has 0 N–H and O–H groups in total. The summed E-state index contributed by atoms with van der Waals surface area (Å²) < 4.78 is 9.65. The molecule has 0 unspecified atom stereocenters. The van der Waals surface area contributed by atoms with Crippen molar-refractivity contribution < 1.29 is 0 Å². The number of fused-ring (bicyclic) bond motifs is 12. The van der Waals surface area contributed by atoms with Gasteiger partial charge in [0.1, 0.15) is 5.69 Å². The van der Waals surface area contributed by atoms with Crippen molar-refractivity contribution in [2.45, 2.75) is 0 Å². The Bertz CT molecular complexity index is 4730. The van der Waals surface area contributed by atoms with E-state index < -0.39 is 0 Å². The van der Waals surface area contributed by atoms with Crippen LogP contribution in [-0.2, 0) is 0 Å². The van der Waals surface area contributed by atoms with Crippen LogP contribution in [0.5, 0.6) is 0 Å². The Morgan fingerprint density at radius 3 is 0.776 bits per heavy atom. The van der Waals surface area contributed by atoms with Crippen molar-refractivity contribution in [1.29, 1.82) is 0 Å². The highest BCUT2D eigenvalue weighted by Gasteiger charge is 2.34. The summed E-state index contributed by atoms with van der Waals surface area (Å²) in [5.41, 5.74) is 12.4. The van der Waals surface area contributed by atoms with Gasteiger partial charge >= 0.3 is 0 Å². The van der Waals surface area contributed by atoms with E-state index in [4.69, 9.17) is 19.9 Å². The molecule has 0 aliphatic heterocycles. The summed E-state index contributed by atoms with van der Waals surface area (Å²) in [6.45, 7) is 0. The molecule has 8 nitrogen and oxygen atoms in total. The third-order valence-electron chi connectivity index (χ3n) is 15.2. The molecule has 0 radical (unpaired) electrons. The lowest BCUT2D eigenvalue weighted by atomic mass is 10.1. The highest BCUT2D eigenvalue weighted by molar-refractivity contribution is 6.15. The van der Waals surface area contributed by atoms with Crippen LogP contribution in [0.15, 0.2) is 255 Å². The molecule has 0 aliphatic carbocycles. The molecule has 0 bridgehead atoms. The van der Waals surface area contributed by atoms with E-state index in [2.05, 4.69) is 237 Å². The molecular formula is C68H42N8. The fraction of sp³-hybridized carbons (Fsp3) is 0. The molecule has 0 amide bonds. The van der Waals surface area contributed by atoms with Crippen molar-refractivity contribution in [3.8, 4) is 57.2 Å². The zero-order chi connectivity index (χ0) is 49.8. The van der Waals surface area contributed by atoms with E-state index in [1.807, 2.05) is 36.4 Å². The number of hydrogen-bond acceptors (Lipinski definition) is 4. The molecule has 10 aromatic carbocycles. The van der Waals surface area contributed by atoms with Crippen molar-refractivity contribution in [3.63, 3.8) is 0 Å². The highest BCUT2D eigenvalue weighted by atomic mass is 15.2. The molecule has 16 rings (SSSR count). The second-order valence-corrected chi connectivity index (χ2v) is 19.3. The summed E-state index contributed by atoms with van der Waals surface area (Å²) in [5.74, 6) is 2.98. The smallest absolute Gasteiger partial charge is 0.170 e. The Balaban J connectivity index is 1.24. The molecule has 354 valence electrons.